The largest absolute Gasteiger partial charge is 0.457 e. The summed E-state index contributed by atoms with van der Waals surface area (Å²) in [6.45, 7) is 4.16. The monoisotopic (exact) mass is 348 g/mol. The smallest absolute Gasteiger partial charge is 0.231 e. The molecule has 4 aromatic rings. The van der Waals surface area contributed by atoms with Crippen LogP contribution in [0, 0.1) is 13.8 Å². The third kappa shape index (κ3) is 3.19. The number of benzene rings is 2. The third-order valence-corrected chi connectivity index (χ3v) is 5.06. The van der Waals surface area contributed by atoms with Crippen molar-refractivity contribution in [3.63, 3.8) is 0 Å². The minimum absolute atomic E-state index is 0.587. The number of rotatable bonds is 4. The second-order valence-electron chi connectivity index (χ2n) is 5.63. The maximum atomic E-state index is 5.99. The standard InChI is InChI=1S/C20H16N2O2S/c1-13-14(2)25-20-18(13)19(21-12-22-20)24-17-10-8-16(9-11-17)23-15-6-4-3-5-7-15/h3-12H,1-2H3. The molecule has 2 aromatic heterocycles. The second kappa shape index (κ2) is 6.53. The Morgan fingerprint density at radius 1 is 0.760 bits per heavy atom. The zero-order valence-corrected chi connectivity index (χ0v) is 14.7. The number of hydrogen-bond acceptors (Lipinski definition) is 5. The first kappa shape index (κ1) is 15.6. The fourth-order valence-electron chi connectivity index (χ4n) is 2.54. The molecule has 0 radical (unpaired) electrons. The molecule has 0 saturated heterocycles. The van der Waals surface area contributed by atoms with E-state index in [4.69, 9.17) is 9.47 Å². The Labute approximate surface area is 149 Å². The van der Waals surface area contributed by atoms with Crippen LogP contribution in [0.25, 0.3) is 10.2 Å². The molecule has 124 valence electrons. The first-order chi connectivity index (χ1) is 12.2. The van der Waals surface area contributed by atoms with E-state index in [1.807, 2.05) is 54.6 Å². The maximum Gasteiger partial charge on any atom is 0.231 e. The lowest BCUT2D eigenvalue weighted by Gasteiger charge is -2.08. The highest BCUT2D eigenvalue weighted by Crippen LogP contribution is 2.36. The molecule has 0 aliphatic rings. The van der Waals surface area contributed by atoms with Gasteiger partial charge in [-0.15, -0.1) is 11.3 Å². The number of para-hydroxylation sites is 1. The summed E-state index contributed by atoms with van der Waals surface area (Å²) in [6, 6.07) is 17.2. The van der Waals surface area contributed by atoms with Crippen molar-refractivity contribution < 1.29 is 9.47 Å². The first-order valence-electron chi connectivity index (χ1n) is 7.92. The molecule has 0 unspecified atom stereocenters. The van der Waals surface area contributed by atoms with Crippen LogP contribution in [-0.2, 0) is 0 Å². The number of ether oxygens (including phenoxy) is 2. The van der Waals surface area contributed by atoms with Gasteiger partial charge in [0.1, 0.15) is 28.4 Å². The van der Waals surface area contributed by atoms with Gasteiger partial charge in [0.25, 0.3) is 0 Å². The van der Waals surface area contributed by atoms with Crippen molar-refractivity contribution in [1.82, 2.24) is 9.97 Å². The number of fused-ring (bicyclic) bond motifs is 1. The van der Waals surface area contributed by atoms with Gasteiger partial charge in [-0.05, 0) is 55.8 Å². The van der Waals surface area contributed by atoms with Crippen molar-refractivity contribution in [2.75, 3.05) is 0 Å². The van der Waals surface area contributed by atoms with Crippen molar-refractivity contribution in [3.05, 3.63) is 71.4 Å². The number of aryl methyl sites for hydroxylation is 2. The molecular weight excluding hydrogens is 332 g/mol. The van der Waals surface area contributed by atoms with Gasteiger partial charge in [0, 0.05) is 4.88 Å². The minimum Gasteiger partial charge on any atom is -0.457 e. The topological polar surface area (TPSA) is 44.2 Å². The lowest BCUT2D eigenvalue weighted by Crippen LogP contribution is -1.91. The van der Waals surface area contributed by atoms with E-state index in [9.17, 15) is 0 Å². The van der Waals surface area contributed by atoms with Gasteiger partial charge in [0.2, 0.25) is 5.88 Å². The van der Waals surface area contributed by atoms with E-state index in [0.717, 1.165) is 21.7 Å². The van der Waals surface area contributed by atoms with Crippen LogP contribution in [0.2, 0.25) is 0 Å². The van der Waals surface area contributed by atoms with Crippen molar-refractivity contribution in [3.8, 4) is 23.1 Å². The number of nitrogens with zero attached hydrogens (tertiary/aromatic N) is 2. The van der Waals surface area contributed by atoms with Gasteiger partial charge < -0.3 is 9.47 Å². The Kier molecular flexibility index (Phi) is 4.07. The molecule has 0 aliphatic carbocycles. The van der Waals surface area contributed by atoms with Crippen LogP contribution in [0.4, 0.5) is 0 Å². The van der Waals surface area contributed by atoms with E-state index in [1.165, 1.54) is 10.4 Å². The predicted octanol–water partition coefficient (Wildman–Crippen LogP) is 5.89. The summed E-state index contributed by atoms with van der Waals surface area (Å²) in [5.41, 5.74) is 1.17. The lowest BCUT2D eigenvalue weighted by molar-refractivity contribution is 0.460. The maximum absolute atomic E-state index is 5.99. The molecule has 4 nitrogen and oxygen atoms in total. The van der Waals surface area contributed by atoms with E-state index in [-0.39, 0.29) is 0 Å². The Bertz CT molecular complexity index is 1010. The molecule has 0 amide bonds. The molecule has 5 heteroatoms. The van der Waals surface area contributed by atoms with Crippen molar-refractivity contribution >= 4 is 21.6 Å². The number of hydrogen-bond donors (Lipinski definition) is 0. The summed E-state index contributed by atoms with van der Waals surface area (Å²) in [5, 5.41) is 0.981. The van der Waals surface area contributed by atoms with Gasteiger partial charge in [-0.1, -0.05) is 18.2 Å². The van der Waals surface area contributed by atoms with Gasteiger partial charge in [-0.25, -0.2) is 9.97 Å². The van der Waals surface area contributed by atoms with Crippen LogP contribution < -0.4 is 9.47 Å². The van der Waals surface area contributed by atoms with Crippen molar-refractivity contribution in [1.29, 1.82) is 0 Å². The third-order valence-electron chi connectivity index (χ3n) is 3.95. The Morgan fingerprint density at radius 2 is 1.40 bits per heavy atom. The molecule has 4 rings (SSSR count). The van der Waals surface area contributed by atoms with Crippen molar-refractivity contribution in [2.24, 2.45) is 0 Å². The summed E-state index contributed by atoms with van der Waals surface area (Å²) < 4.78 is 11.8. The molecule has 2 aromatic carbocycles. The zero-order valence-electron chi connectivity index (χ0n) is 13.9. The molecule has 0 bridgehead atoms. The molecule has 0 N–H and O–H groups in total. The average molecular weight is 348 g/mol. The number of aromatic nitrogens is 2. The van der Waals surface area contributed by atoms with Crippen LogP contribution in [0.5, 0.6) is 23.1 Å². The summed E-state index contributed by atoms with van der Waals surface area (Å²) in [7, 11) is 0. The fourth-order valence-corrected chi connectivity index (χ4v) is 3.53. The molecule has 0 saturated carbocycles. The van der Waals surface area contributed by atoms with Crippen LogP contribution in [0.15, 0.2) is 60.9 Å². The summed E-state index contributed by atoms with van der Waals surface area (Å²) >= 11 is 1.66. The molecule has 0 atom stereocenters. The molecule has 0 fully saturated rings. The highest BCUT2D eigenvalue weighted by Gasteiger charge is 2.13. The molecule has 0 spiro atoms. The molecule has 2 heterocycles. The average Bonchev–Trinajstić information content (AvgIpc) is 2.93. The summed E-state index contributed by atoms with van der Waals surface area (Å²) in [6.07, 6.45) is 1.54. The van der Waals surface area contributed by atoms with Crippen molar-refractivity contribution in [2.45, 2.75) is 13.8 Å². The van der Waals surface area contributed by atoms with Crippen LogP contribution in [0.3, 0.4) is 0 Å². The van der Waals surface area contributed by atoms with E-state index < -0.39 is 0 Å². The minimum atomic E-state index is 0.587. The van der Waals surface area contributed by atoms with Gasteiger partial charge in [0.15, 0.2) is 0 Å². The van der Waals surface area contributed by atoms with Crippen LogP contribution in [-0.4, -0.2) is 9.97 Å². The second-order valence-corrected chi connectivity index (χ2v) is 6.83. The van der Waals surface area contributed by atoms with E-state index in [2.05, 4.69) is 23.8 Å². The van der Waals surface area contributed by atoms with E-state index in [1.54, 1.807) is 17.7 Å². The highest BCUT2D eigenvalue weighted by atomic mass is 32.1. The SMILES string of the molecule is Cc1sc2ncnc(Oc3ccc(Oc4ccccc4)cc3)c2c1C. The van der Waals surface area contributed by atoms with E-state index in [0.29, 0.717) is 11.6 Å². The normalized spacial score (nSPS) is 10.8. The van der Waals surface area contributed by atoms with Gasteiger partial charge in [-0.2, -0.15) is 0 Å². The van der Waals surface area contributed by atoms with Crippen LogP contribution in [0.1, 0.15) is 10.4 Å². The molecular formula is C20H16N2O2S. The number of thiophene rings is 1. The first-order valence-corrected chi connectivity index (χ1v) is 8.74. The van der Waals surface area contributed by atoms with Gasteiger partial charge >= 0.3 is 0 Å². The predicted molar refractivity (Wildman–Crippen MR) is 99.9 cm³/mol. The van der Waals surface area contributed by atoms with E-state index >= 15 is 0 Å². The lowest BCUT2D eigenvalue weighted by atomic mass is 10.2. The quantitative estimate of drug-likeness (QED) is 0.461. The molecule has 25 heavy (non-hydrogen) atoms. The Balaban J connectivity index is 1.58. The summed E-state index contributed by atoms with van der Waals surface area (Å²) in [4.78, 5) is 10.8. The van der Waals surface area contributed by atoms with Gasteiger partial charge in [0.05, 0.1) is 5.39 Å². The van der Waals surface area contributed by atoms with Crippen LogP contribution >= 0.6 is 11.3 Å². The van der Waals surface area contributed by atoms with Gasteiger partial charge in [-0.3, -0.25) is 0 Å². The fraction of sp³-hybridized carbons (Fsp3) is 0.100. The summed E-state index contributed by atoms with van der Waals surface area (Å²) in [5.74, 6) is 2.86. The molecule has 0 aliphatic heterocycles. The zero-order chi connectivity index (χ0) is 17.2. The highest BCUT2D eigenvalue weighted by molar-refractivity contribution is 7.18. The Morgan fingerprint density at radius 3 is 2.12 bits per heavy atom. The Hall–Kier alpha value is -2.92.